The van der Waals surface area contributed by atoms with E-state index in [4.69, 9.17) is 13.9 Å². The van der Waals surface area contributed by atoms with Gasteiger partial charge in [0.05, 0.1) is 19.8 Å². The Labute approximate surface area is 145 Å². The molecule has 1 atom stereocenters. The van der Waals surface area contributed by atoms with E-state index in [-0.39, 0.29) is 17.9 Å². The second kappa shape index (κ2) is 6.48. The molecular weight excluding hydrogens is 322 g/mol. The van der Waals surface area contributed by atoms with Crippen molar-refractivity contribution in [1.82, 2.24) is 15.1 Å². The van der Waals surface area contributed by atoms with Crippen molar-refractivity contribution in [2.24, 2.45) is 0 Å². The Kier molecular flexibility index (Phi) is 4.17. The number of hydrogen-bond acceptors (Lipinski definition) is 6. The molecule has 132 valence electrons. The van der Waals surface area contributed by atoms with E-state index in [0.29, 0.717) is 43.6 Å². The third kappa shape index (κ3) is 3.11. The van der Waals surface area contributed by atoms with Crippen LogP contribution in [0.3, 0.4) is 0 Å². The summed E-state index contributed by atoms with van der Waals surface area (Å²) in [5.41, 5.74) is 1.77. The van der Waals surface area contributed by atoms with Crippen molar-refractivity contribution in [3.8, 4) is 5.75 Å². The zero-order valence-corrected chi connectivity index (χ0v) is 14.4. The van der Waals surface area contributed by atoms with Gasteiger partial charge in [0.1, 0.15) is 5.75 Å². The minimum Gasteiger partial charge on any atom is -0.493 e. The van der Waals surface area contributed by atoms with Crippen LogP contribution >= 0.6 is 0 Å². The Hall–Kier alpha value is -2.41. The molecule has 3 heterocycles. The summed E-state index contributed by atoms with van der Waals surface area (Å²) in [5.74, 6) is 2.05. The molecule has 0 radical (unpaired) electrons. The third-order valence-corrected chi connectivity index (χ3v) is 4.52. The summed E-state index contributed by atoms with van der Waals surface area (Å²) in [6, 6.07) is 5.62. The SMILES string of the molecule is CC(C)c1nnc(C2CN(C(=O)c3ccc4c(c3)CCO4)CCO2)o1. The first-order chi connectivity index (χ1) is 12.1. The number of morpholine rings is 1. The van der Waals surface area contributed by atoms with E-state index in [9.17, 15) is 4.79 Å². The zero-order valence-electron chi connectivity index (χ0n) is 14.4. The third-order valence-electron chi connectivity index (χ3n) is 4.52. The number of benzene rings is 1. The van der Waals surface area contributed by atoms with Crippen LogP contribution in [0.15, 0.2) is 22.6 Å². The highest BCUT2D eigenvalue weighted by molar-refractivity contribution is 5.94. The molecule has 25 heavy (non-hydrogen) atoms. The molecule has 1 saturated heterocycles. The molecule has 0 bridgehead atoms. The fraction of sp³-hybridized carbons (Fsp3) is 0.500. The van der Waals surface area contributed by atoms with Gasteiger partial charge in [-0.1, -0.05) is 13.8 Å². The van der Waals surface area contributed by atoms with Crippen molar-refractivity contribution in [3.05, 3.63) is 41.1 Å². The molecule has 1 aromatic heterocycles. The summed E-state index contributed by atoms with van der Waals surface area (Å²) >= 11 is 0. The second-order valence-corrected chi connectivity index (χ2v) is 6.66. The van der Waals surface area contributed by atoms with Gasteiger partial charge in [-0.25, -0.2) is 0 Å². The summed E-state index contributed by atoms with van der Waals surface area (Å²) < 4.78 is 16.9. The van der Waals surface area contributed by atoms with E-state index in [1.807, 2.05) is 32.0 Å². The van der Waals surface area contributed by atoms with Crippen LogP contribution in [-0.2, 0) is 11.2 Å². The predicted molar refractivity (Wildman–Crippen MR) is 88.6 cm³/mol. The van der Waals surface area contributed by atoms with Gasteiger partial charge in [-0.3, -0.25) is 4.79 Å². The average molecular weight is 343 g/mol. The summed E-state index contributed by atoms with van der Waals surface area (Å²) in [7, 11) is 0. The van der Waals surface area contributed by atoms with Crippen molar-refractivity contribution < 1.29 is 18.7 Å². The van der Waals surface area contributed by atoms with Gasteiger partial charge in [0, 0.05) is 24.4 Å². The standard InChI is InChI=1S/C18H21N3O4/c1-11(2)16-19-20-17(25-16)15-10-21(6-8-24-15)18(22)13-3-4-14-12(9-13)5-7-23-14/h3-4,9,11,15H,5-8,10H2,1-2H3. The molecule has 7 nitrogen and oxygen atoms in total. The number of rotatable bonds is 3. The molecule has 1 unspecified atom stereocenters. The largest absolute Gasteiger partial charge is 0.493 e. The molecule has 7 heteroatoms. The molecule has 2 aliphatic heterocycles. The number of nitrogens with zero attached hydrogens (tertiary/aromatic N) is 3. The number of hydrogen-bond donors (Lipinski definition) is 0. The van der Waals surface area contributed by atoms with Gasteiger partial charge >= 0.3 is 0 Å². The molecule has 0 saturated carbocycles. The highest BCUT2D eigenvalue weighted by Crippen LogP contribution is 2.28. The second-order valence-electron chi connectivity index (χ2n) is 6.66. The first-order valence-corrected chi connectivity index (χ1v) is 8.61. The molecule has 0 spiro atoms. The minimum atomic E-state index is -0.379. The van der Waals surface area contributed by atoms with E-state index in [0.717, 1.165) is 17.7 Å². The topological polar surface area (TPSA) is 77.7 Å². The number of carbonyl (C=O) groups excluding carboxylic acids is 1. The van der Waals surface area contributed by atoms with Crippen molar-refractivity contribution in [2.45, 2.75) is 32.3 Å². The Morgan fingerprint density at radius 3 is 2.96 bits per heavy atom. The van der Waals surface area contributed by atoms with Crippen LogP contribution in [0, 0.1) is 0 Å². The molecule has 1 fully saturated rings. The molecule has 2 aliphatic rings. The maximum atomic E-state index is 12.9. The normalized spacial score (nSPS) is 19.8. The number of amides is 1. The summed E-state index contributed by atoms with van der Waals surface area (Å²) in [6.07, 6.45) is 0.470. The molecule has 0 N–H and O–H groups in total. The van der Waals surface area contributed by atoms with Crippen molar-refractivity contribution >= 4 is 5.91 Å². The molecule has 2 aromatic rings. The van der Waals surface area contributed by atoms with Gasteiger partial charge in [0.25, 0.3) is 5.91 Å². The molecule has 0 aliphatic carbocycles. The van der Waals surface area contributed by atoms with Crippen LogP contribution in [-0.4, -0.2) is 47.3 Å². The van der Waals surface area contributed by atoms with Crippen LogP contribution in [0.25, 0.3) is 0 Å². The summed E-state index contributed by atoms with van der Waals surface area (Å²) in [4.78, 5) is 14.6. The summed E-state index contributed by atoms with van der Waals surface area (Å²) in [6.45, 7) is 6.07. The first kappa shape index (κ1) is 16.1. The van der Waals surface area contributed by atoms with Gasteiger partial charge in [-0.05, 0) is 23.8 Å². The van der Waals surface area contributed by atoms with Crippen LogP contribution < -0.4 is 4.74 Å². The first-order valence-electron chi connectivity index (χ1n) is 8.61. The number of fused-ring (bicyclic) bond motifs is 1. The number of carbonyl (C=O) groups is 1. The summed E-state index contributed by atoms with van der Waals surface area (Å²) in [5, 5.41) is 8.12. The van der Waals surface area contributed by atoms with Crippen LogP contribution in [0.2, 0.25) is 0 Å². The van der Waals surface area contributed by atoms with Gasteiger partial charge in [0.15, 0.2) is 6.10 Å². The van der Waals surface area contributed by atoms with Crippen molar-refractivity contribution in [1.29, 1.82) is 0 Å². The number of aromatic nitrogens is 2. The van der Waals surface area contributed by atoms with Crippen LogP contribution in [0.4, 0.5) is 0 Å². The van der Waals surface area contributed by atoms with E-state index in [1.54, 1.807) is 4.90 Å². The van der Waals surface area contributed by atoms with Gasteiger partial charge in [0.2, 0.25) is 11.8 Å². The van der Waals surface area contributed by atoms with Crippen LogP contribution in [0.1, 0.15) is 53.6 Å². The quantitative estimate of drug-likeness (QED) is 0.851. The molecular formula is C18H21N3O4. The van der Waals surface area contributed by atoms with Crippen molar-refractivity contribution in [2.75, 3.05) is 26.3 Å². The zero-order chi connectivity index (χ0) is 17.4. The fourth-order valence-electron chi connectivity index (χ4n) is 3.10. The van der Waals surface area contributed by atoms with E-state index in [2.05, 4.69) is 10.2 Å². The maximum Gasteiger partial charge on any atom is 0.254 e. The van der Waals surface area contributed by atoms with Gasteiger partial charge in [-0.15, -0.1) is 10.2 Å². The highest BCUT2D eigenvalue weighted by Gasteiger charge is 2.30. The smallest absolute Gasteiger partial charge is 0.254 e. The lowest BCUT2D eigenvalue weighted by Crippen LogP contribution is -2.42. The number of ether oxygens (including phenoxy) is 2. The lowest BCUT2D eigenvalue weighted by molar-refractivity contribution is -0.0351. The monoisotopic (exact) mass is 343 g/mol. The Balaban J connectivity index is 1.49. The van der Waals surface area contributed by atoms with E-state index in [1.165, 1.54) is 0 Å². The van der Waals surface area contributed by atoms with Gasteiger partial charge in [-0.2, -0.15) is 0 Å². The lowest BCUT2D eigenvalue weighted by atomic mass is 10.1. The maximum absolute atomic E-state index is 12.9. The minimum absolute atomic E-state index is 0.00778. The van der Waals surface area contributed by atoms with Gasteiger partial charge < -0.3 is 18.8 Å². The van der Waals surface area contributed by atoms with E-state index < -0.39 is 0 Å². The average Bonchev–Trinajstić information content (AvgIpc) is 3.30. The highest BCUT2D eigenvalue weighted by atomic mass is 16.5. The fourth-order valence-corrected chi connectivity index (χ4v) is 3.10. The van der Waals surface area contributed by atoms with Crippen LogP contribution in [0.5, 0.6) is 5.75 Å². The molecule has 4 rings (SSSR count). The molecule has 1 aromatic carbocycles. The van der Waals surface area contributed by atoms with Crippen molar-refractivity contribution in [3.63, 3.8) is 0 Å². The lowest BCUT2D eigenvalue weighted by Gasteiger charge is -2.31. The predicted octanol–water partition coefficient (Wildman–Crippen LogP) is 2.34. The Bertz CT molecular complexity index is 786. The Morgan fingerprint density at radius 1 is 1.28 bits per heavy atom. The molecule has 1 amide bonds. The Morgan fingerprint density at radius 2 is 2.16 bits per heavy atom. The van der Waals surface area contributed by atoms with E-state index >= 15 is 0 Å².